The molecule has 2 heterocycles. The maximum Gasteiger partial charge on any atom is 0.340 e. The van der Waals surface area contributed by atoms with Crippen molar-refractivity contribution in [2.24, 2.45) is 5.92 Å². The minimum Gasteiger partial charge on any atom is -0.497 e. The van der Waals surface area contributed by atoms with E-state index in [2.05, 4.69) is 10.5 Å². The van der Waals surface area contributed by atoms with E-state index in [4.69, 9.17) is 14.0 Å². The first-order valence-corrected chi connectivity index (χ1v) is 11.1. The fourth-order valence-corrected chi connectivity index (χ4v) is 5.36. The summed E-state index contributed by atoms with van der Waals surface area (Å²) < 4.78 is 42.1. The number of anilines is 1. The summed E-state index contributed by atoms with van der Waals surface area (Å²) in [6.07, 6.45) is 0.691. The van der Waals surface area contributed by atoms with Gasteiger partial charge in [0, 0.05) is 19.0 Å². The number of aryl methyl sites for hydroxylation is 2. The Bertz CT molecular complexity index is 1070. The topological polar surface area (TPSA) is 128 Å². The van der Waals surface area contributed by atoms with E-state index < -0.39 is 21.9 Å². The Balaban J connectivity index is 1.70. The second kappa shape index (κ2) is 9.06. The zero-order valence-electron chi connectivity index (χ0n) is 17.8. The highest BCUT2D eigenvalue weighted by molar-refractivity contribution is 7.89. The van der Waals surface area contributed by atoms with E-state index in [1.165, 1.54) is 24.6 Å². The highest BCUT2D eigenvalue weighted by Crippen LogP contribution is 2.29. The van der Waals surface area contributed by atoms with Crippen LogP contribution in [0.25, 0.3) is 0 Å². The van der Waals surface area contributed by atoms with Crippen LogP contribution in [0.4, 0.5) is 5.69 Å². The number of carbonyl (C=O) groups excluding carboxylic acids is 2. The Labute approximate surface area is 180 Å². The van der Waals surface area contributed by atoms with Gasteiger partial charge in [-0.2, -0.15) is 4.31 Å². The van der Waals surface area contributed by atoms with E-state index in [0.29, 0.717) is 30.0 Å². The van der Waals surface area contributed by atoms with Crippen molar-refractivity contribution >= 4 is 27.6 Å². The van der Waals surface area contributed by atoms with Crippen molar-refractivity contribution in [3.05, 3.63) is 35.2 Å². The van der Waals surface area contributed by atoms with Gasteiger partial charge in [0.1, 0.15) is 16.3 Å². The number of methoxy groups -OCH3 is 2. The number of nitrogens with one attached hydrogen (secondary N) is 1. The molecule has 1 aliphatic heterocycles. The number of nitrogens with zero attached hydrogens (tertiary/aromatic N) is 2. The highest BCUT2D eigenvalue weighted by Gasteiger charge is 2.35. The standard InChI is InChI=1S/C20H25N3O7S/c1-12-18(13(2)30-22-12)31(26,27)23-9-7-14(8-10-23)19(24)21-17-6-5-15(28-3)11-16(17)20(25)29-4/h5-6,11,14H,7-10H2,1-4H3,(H,21,24). The summed E-state index contributed by atoms with van der Waals surface area (Å²) in [4.78, 5) is 24.9. The molecule has 2 aromatic rings. The van der Waals surface area contributed by atoms with Crippen LogP contribution in [-0.4, -0.2) is 57.1 Å². The summed E-state index contributed by atoms with van der Waals surface area (Å²) >= 11 is 0. The van der Waals surface area contributed by atoms with Gasteiger partial charge >= 0.3 is 5.97 Å². The molecular formula is C20H25N3O7S. The number of amides is 1. The Hall–Kier alpha value is -2.92. The number of rotatable bonds is 6. The summed E-state index contributed by atoms with van der Waals surface area (Å²) in [7, 11) is -1.02. The second-order valence-corrected chi connectivity index (χ2v) is 9.10. The van der Waals surface area contributed by atoms with Crippen LogP contribution in [-0.2, 0) is 19.6 Å². The van der Waals surface area contributed by atoms with Gasteiger partial charge in [0.05, 0.1) is 25.5 Å². The number of sulfonamides is 1. The number of hydrogen-bond acceptors (Lipinski definition) is 8. The molecule has 1 aromatic heterocycles. The molecule has 11 heteroatoms. The van der Waals surface area contributed by atoms with Crippen molar-refractivity contribution < 1.29 is 32.0 Å². The van der Waals surface area contributed by atoms with E-state index in [-0.39, 0.29) is 35.2 Å². The van der Waals surface area contributed by atoms with E-state index in [0.717, 1.165) is 0 Å². The lowest BCUT2D eigenvalue weighted by Gasteiger charge is -2.30. The zero-order chi connectivity index (χ0) is 22.8. The molecule has 0 spiro atoms. The molecule has 0 unspecified atom stereocenters. The molecular weight excluding hydrogens is 426 g/mol. The maximum atomic E-state index is 12.9. The monoisotopic (exact) mass is 451 g/mol. The molecule has 1 aromatic carbocycles. The first-order chi connectivity index (χ1) is 14.7. The number of aromatic nitrogens is 1. The number of esters is 1. The maximum absolute atomic E-state index is 12.9. The fraction of sp³-hybridized carbons (Fsp3) is 0.450. The fourth-order valence-electron chi connectivity index (χ4n) is 3.60. The molecule has 10 nitrogen and oxygen atoms in total. The van der Waals surface area contributed by atoms with Crippen molar-refractivity contribution in [2.45, 2.75) is 31.6 Å². The Morgan fingerprint density at radius 1 is 1.19 bits per heavy atom. The van der Waals surface area contributed by atoms with E-state index in [1.807, 2.05) is 0 Å². The summed E-state index contributed by atoms with van der Waals surface area (Å²) in [5.41, 5.74) is 0.796. The molecule has 0 aliphatic carbocycles. The summed E-state index contributed by atoms with van der Waals surface area (Å²) in [5.74, 6) is -0.591. The van der Waals surface area contributed by atoms with Crippen LogP contribution in [0.5, 0.6) is 5.75 Å². The Kier molecular flexibility index (Phi) is 6.65. The van der Waals surface area contributed by atoms with Crippen LogP contribution >= 0.6 is 0 Å². The van der Waals surface area contributed by atoms with E-state index in [1.54, 1.807) is 26.0 Å². The first kappa shape index (κ1) is 22.8. The van der Waals surface area contributed by atoms with Crippen molar-refractivity contribution in [3.63, 3.8) is 0 Å². The Morgan fingerprint density at radius 3 is 2.42 bits per heavy atom. The van der Waals surface area contributed by atoms with Gasteiger partial charge in [-0.25, -0.2) is 13.2 Å². The third-order valence-electron chi connectivity index (χ3n) is 5.28. The predicted octanol–water partition coefficient (Wildman–Crippen LogP) is 2.13. The normalized spacial score (nSPS) is 15.5. The molecule has 168 valence electrons. The third-order valence-corrected chi connectivity index (χ3v) is 7.42. The summed E-state index contributed by atoms with van der Waals surface area (Å²) in [6, 6.07) is 4.68. The molecule has 0 atom stereocenters. The van der Waals surface area contributed by atoms with Crippen molar-refractivity contribution in [1.82, 2.24) is 9.46 Å². The van der Waals surface area contributed by atoms with E-state index in [9.17, 15) is 18.0 Å². The number of piperidine rings is 1. The zero-order valence-corrected chi connectivity index (χ0v) is 18.6. The second-order valence-electron chi connectivity index (χ2n) is 7.22. The molecule has 1 N–H and O–H groups in total. The van der Waals surface area contributed by atoms with Crippen molar-refractivity contribution in [1.29, 1.82) is 0 Å². The molecule has 0 saturated carbocycles. The molecule has 1 saturated heterocycles. The molecule has 0 radical (unpaired) electrons. The van der Waals surface area contributed by atoms with Crippen LogP contribution in [0.3, 0.4) is 0 Å². The molecule has 31 heavy (non-hydrogen) atoms. The largest absolute Gasteiger partial charge is 0.497 e. The highest BCUT2D eigenvalue weighted by atomic mass is 32.2. The van der Waals surface area contributed by atoms with Gasteiger partial charge in [0.25, 0.3) is 0 Å². The van der Waals surface area contributed by atoms with Crippen molar-refractivity contribution in [3.8, 4) is 5.75 Å². The van der Waals surface area contributed by atoms with Crippen LogP contribution < -0.4 is 10.1 Å². The van der Waals surface area contributed by atoms with Gasteiger partial charge in [-0.3, -0.25) is 4.79 Å². The average Bonchev–Trinajstić information content (AvgIpc) is 3.12. The third kappa shape index (κ3) is 4.57. The van der Waals surface area contributed by atoms with Gasteiger partial charge in [0.15, 0.2) is 5.76 Å². The van der Waals surface area contributed by atoms with Crippen LogP contribution in [0.1, 0.15) is 34.7 Å². The minimum atomic E-state index is -3.75. The SMILES string of the molecule is COC(=O)c1cc(OC)ccc1NC(=O)C1CCN(S(=O)(=O)c2c(C)noc2C)CC1. The number of ether oxygens (including phenoxy) is 2. The van der Waals surface area contributed by atoms with Gasteiger partial charge in [-0.05, 0) is 44.9 Å². The first-order valence-electron chi connectivity index (χ1n) is 9.69. The predicted molar refractivity (Wildman–Crippen MR) is 110 cm³/mol. The van der Waals surface area contributed by atoms with Crippen molar-refractivity contribution in [2.75, 3.05) is 32.6 Å². The summed E-state index contributed by atoms with van der Waals surface area (Å²) in [5, 5.41) is 6.48. The quantitative estimate of drug-likeness (QED) is 0.662. The number of hydrogen-bond donors (Lipinski definition) is 1. The lowest BCUT2D eigenvalue weighted by molar-refractivity contribution is -0.120. The van der Waals surface area contributed by atoms with Gasteiger partial charge < -0.3 is 19.3 Å². The smallest absolute Gasteiger partial charge is 0.340 e. The van der Waals surface area contributed by atoms with E-state index >= 15 is 0 Å². The average molecular weight is 452 g/mol. The van der Waals surface area contributed by atoms with Gasteiger partial charge in [-0.1, -0.05) is 5.16 Å². The molecule has 1 fully saturated rings. The molecule has 0 bridgehead atoms. The molecule has 3 rings (SSSR count). The molecule has 1 amide bonds. The lowest BCUT2D eigenvalue weighted by Crippen LogP contribution is -2.41. The number of carbonyl (C=O) groups is 2. The van der Waals surface area contributed by atoms with Gasteiger partial charge in [-0.15, -0.1) is 0 Å². The van der Waals surface area contributed by atoms with Crippen LogP contribution in [0.2, 0.25) is 0 Å². The van der Waals surface area contributed by atoms with Gasteiger partial charge in [0.2, 0.25) is 15.9 Å². The van der Waals surface area contributed by atoms with Crippen LogP contribution in [0.15, 0.2) is 27.6 Å². The van der Waals surface area contributed by atoms with Crippen LogP contribution in [0, 0.1) is 19.8 Å². The Morgan fingerprint density at radius 2 is 1.87 bits per heavy atom. The minimum absolute atomic E-state index is 0.0800. The number of benzene rings is 1. The lowest BCUT2D eigenvalue weighted by atomic mass is 9.97. The summed E-state index contributed by atoms with van der Waals surface area (Å²) in [6.45, 7) is 3.52. The molecule has 1 aliphatic rings.